The van der Waals surface area contributed by atoms with Crippen LogP contribution in [0, 0.1) is 20.6 Å². The fraction of sp³-hybridized carbons (Fsp3) is 0.0833. The van der Waals surface area contributed by atoms with Gasteiger partial charge in [-0.2, -0.15) is 0 Å². The van der Waals surface area contributed by atoms with Gasteiger partial charge in [0.1, 0.15) is 12.4 Å². The highest BCUT2D eigenvalue weighted by Crippen LogP contribution is 2.28. The van der Waals surface area contributed by atoms with Gasteiger partial charge in [0.25, 0.3) is 5.69 Å². The quantitative estimate of drug-likeness (QED) is 0.137. The summed E-state index contributed by atoms with van der Waals surface area (Å²) >= 11 is 2.25. The van der Waals surface area contributed by atoms with Crippen molar-refractivity contribution >= 4 is 46.2 Å². The van der Waals surface area contributed by atoms with Crippen LogP contribution in [0.5, 0.6) is 5.75 Å². The molecule has 160 valence electrons. The number of halogens is 1. The first-order chi connectivity index (χ1) is 15.4. The van der Waals surface area contributed by atoms with Crippen molar-refractivity contribution in [3.8, 4) is 5.75 Å². The van der Waals surface area contributed by atoms with Crippen molar-refractivity contribution < 1.29 is 19.2 Å². The Morgan fingerprint density at radius 3 is 2.69 bits per heavy atom. The summed E-state index contributed by atoms with van der Waals surface area (Å²) in [6.45, 7) is 1.97. The number of para-hydroxylation sites is 1. The predicted molar refractivity (Wildman–Crippen MR) is 128 cm³/mol. The molecule has 8 heteroatoms. The maximum atomic E-state index is 12.4. The second-order valence-corrected chi connectivity index (χ2v) is 8.24. The molecule has 0 spiro atoms. The van der Waals surface area contributed by atoms with Crippen LogP contribution in [0.15, 0.2) is 77.4 Å². The molecular weight excluding hydrogens is 523 g/mol. The molecule has 1 aliphatic rings. The minimum Gasteiger partial charge on any atom is -0.488 e. The smallest absolute Gasteiger partial charge is 0.363 e. The molecule has 0 bridgehead atoms. The molecule has 0 saturated carbocycles. The van der Waals surface area contributed by atoms with E-state index in [0.29, 0.717) is 29.0 Å². The van der Waals surface area contributed by atoms with Gasteiger partial charge < -0.3 is 9.47 Å². The van der Waals surface area contributed by atoms with E-state index in [1.165, 1.54) is 12.1 Å². The Morgan fingerprint density at radius 1 is 1.12 bits per heavy atom. The SMILES string of the molecule is Cc1c(C2=N/C(=C\c3ccccc3OCc3cccc(I)c3)C(=O)O2)cccc1[N+](=O)[O-]. The van der Waals surface area contributed by atoms with Gasteiger partial charge in [-0.25, -0.2) is 9.79 Å². The van der Waals surface area contributed by atoms with Gasteiger partial charge in [0.05, 0.1) is 4.92 Å². The number of carbonyl (C=O) groups excluding carboxylic acids is 1. The summed E-state index contributed by atoms with van der Waals surface area (Å²) in [5, 5.41) is 11.2. The zero-order valence-electron chi connectivity index (χ0n) is 16.9. The fourth-order valence-corrected chi connectivity index (χ4v) is 3.85. The molecule has 0 amide bonds. The van der Waals surface area contributed by atoms with Crippen LogP contribution in [0.1, 0.15) is 22.3 Å². The largest absolute Gasteiger partial charge is 0.488 e. The molecule has 0 aromatic heterocycles. The van der Waals surface area contributed by atoms with Crippen molar-refractivity contribution in [3.63, 3.8) is 0 Å². The van der Waals surface area contributed by atoms with Crippen LogP contribution in [-0.2, 0) is 16.1 Å². The molecule has 3 aromatic rings. The summed E-state index contributed by atoms with van der Waals surface area (Å²) in [5.74, 6) is 0.0138. The molecule has 1 aliphatic heterocycles. The average Bonchev–Trinajstić information content (AvgIpc) is 3.13. The molecule has 0 unspecified atom stereocenters. The molecule has 0 saturated heterocycles. The first-order valence-corrected chi connectivity index (χ1v) is 10.7. The van der Waals surface area contributed by atoms with Crippen molar-refractivity contribution in [2.45, 2.75) is 13.5 Å². The van der Waals surface area contributed by atoms with Crippen LogP contribution in [0.4, 0.5) is 5.69 Å². The van der Waals surface area contributed by atoms with E-state index in [1.54, 1.807) is 19.1 Å². The van der Waals surface area contributed by atoms with Gasteiger partial charge in [-0.3, -0.25) is 10.1 Å². The van der Waals surface area contributed by atoms with Crippen LogP contribution < -0.4 is 4.74 Å². The van der Waals surface area contributed by atoms with Crippen molar-refractivity contribution in [2.75, 3.05) is 0 Å². The maximum absolute atomic E-state index is 12.4. The Hall–Kier alpha value is -3.53. The van der Waals surface area contributed by atoms with Crippen LogP contribution in [-0.4, -0.2) is 16.8 Å². The van der Waals surface area contributed by atoms with E-state index in [2.05, 4.69) is 27.6 Å². The molecule has 0 radical (unpaired) electrons. The van der Waals surface area contributed by atoms with E-state index in [0.717, 1.165) is 9.13 Å². The lowest BCUT2D eigenvalue weighted by atomic mass is 10.1. The molecule has 4 rings (SSSR count). The fourth-order valence-electron chi connectivity index (χ4n) is 3.24. The Balaban J connectivity index is 1.62. The Morgan fingerprint density at radius 2 is 1.91 bits per heavy atom. The van der Waals surface area contributed by atoms with Gasteiger partial charge >= 0.3 is 5.97 Å². The van der Waals surface area contributed by atoms with Crippen molar-refractivity contribution in [2.24, 2.45) is 4.99 Å². The molecule has 32 heavy (non-hydrogen) atoms. The Bertz CT molecular complexity index is 1280. The number of benzene rings is 3. The number of ether oxygens (including phenoxy) is 2. The molecule has 3 aromatic carbocycles. The van der Waals surface area contributed by atoms with Crippen LogP contribution in [0.25, 0.3) is 6.08 Å². The third kappa shape index (κ3) is 4.70. The minimum atomic E-state index is -0.627. The highest BCUT2D eigenvalue weighted by molar-refractivity contribution is 14.1. The van der Waals surface area contributed by atoms with Crippen molar-refractivity contribution in [1.82, 2.24) is 0 Å². The van der Waals surface area contributed by atoms with E-state index in [9.17, 15) is 14.9 Å². The van der Waals surface area contributed by atoms with Crippen LogP contribution >= 0.6 is 22.6 Å². The Kier molecular flexibility index (Phi) is 6.31. The lowest BCUT2D eigenvalue weighted by molar-refractivity contribution is -0.385. The van der Waals surface area contributed by atoms with Crippen molar-refractivity contribution in [1.29, 1.82) is 0 Å². The van der Waals surface area contributed by atoms with Crippen molar-refractivity contribution in [3.05, 3.63) is 108 Å². The molecular formula is C24H17IN2O5. The lowest BCUT2D eigenvalue weighted by Gasteiger charge is -2.09. The van der Waals surface area contributed by atoms with E-state index in [4.69, 9.17) is 9.47 Å². The normalized spacial score (nSPS) is 14.2. The summed E-state index contributed by atoms with van der Waals surface area (Å²) in [4.78, 5) is 27.5. The standard InChI is InChI=1S/C24H17IN2O5/c1-15-19(9-5-10-21(15)27(29)30)23-26-20(24(28)32-23)13-17-7-2-3-11-22(17)31-14-16-6-4-8-18(25)12-16/h2-13H,14H2,1H3/b20-13-. The number of nitrogens with zero attached hydrogens (tertiary/aromatic N) is 2. The molecule has 0 aliphatic carbocycles. The number of hydrogen-bond acceptors (Lipinski definition) is 6. The molecule has 1 heterocycles. The van der Waals surface area contributed by atoms with Crippen LogP contribution in [0.3, 0.4) is 0 Å². The average molecular weight is 540 g/mol. The highest BCUT2D eigenvalue weighted by atomic mass is 127. The lowest BCUT2D eigenvalue weighted by Crippen LogP contribution is -2.08. The van der Waals surface area contributed by atoms with E-state index in [-0.39, 0.29) is 17.3 Å². The van der Waals surface area contributed by atoms with Gasteiger partial charge in [-0.1, -0.05) is 36.4 Å². The van der Waals surface area contributed by atoms with Gasteiger partial charge in [0.15, 0.2) is 5.70 Å². The van der Waals surface area contributed by atoms with E-state index in [1.807, 2.05) is 48.5 Å². The predicted octanol–water partition coefficient (Wildman–Crippen LogP) is 5.43. The Labute approximate surface area is 197 Å². The van der Waals surface area contributed by atoms with Gasteiger partial charge in [0, 0.05) is 26.3 Å². The van der Waals surface area contributed by atoms with Gasteiger partial charge in [-0.05, 0) is 65.4 Å². The third-order valence-corrected chi connectivity index (χ3v) is 5.52. The van der Waals surface area contributed by atoms with E-state index < -0.39 is 10.9 Å². The topological polar surface area (TPSA) is 91.0 Å². The minimum absolute atomic E-state index is 0.0414. The zero-order chi connectivity index (χ0) is 22.7. The summed E-state index contributed by atoms with van der Waals surface area (Å²) in [7, 11) is 0. The number of hydrogen-bond donors (Lipinski definition) is 0. The van der Waals surface area contributed by atoms with Crippen LogP contribution in [0.2, 0.25) is 0 Å². The molecule has 7 nitrogen and oxygen atoms in total. The molecule has 0 N–H and O–H groups in total. The summed E-state index contributed by atoms with van der Waals surface area (Å²) in [5.41, 5.74) is 2.52. The number of esters is 1. The van der Waals surface area contributed by atoms with Gasteiger partial charge in [0.2, 0.25) is 5.90 Å². The molecule has 0 atom stereocenters. The maximum Gasteiger partial charge on any atom is 0.363 e. The second kappa shape index (κ2) is 9.31. The third-order valence-electron chi connectivity index (χ3n) is 4.85. The molecule has 0 fully saturated rings. The second-order valence-electron chi connectivity index (χ2n) is 7.00. The number of rotatable bonds is 6. The number of aliphatic imine (C=N–C) groups is 1. The zero-order valence-corrected chi connectivity index (χ0v) is 19.1. The first kappa shape index (κ1) is 21.7. The highest BCUT2D eigenvalue weighted by Gasteiger charge is 2.27. The van der Waals surface area contributed by atoms with Gasteiger partial charge in [-0.15, -0.1) is 0 Å². The first-order valence-electron chi connectivity index (χ1n) is 9.65. The number of cyclic esters (lactones) is 1. The monoisotopic (exact) mass is 540 g/mol. The summed E-state index contributed by atoms with van der Waals surface area (Å²) in [6.07, 6.45) is 1.59. The summed E-state index contributed by atoms with van der Waals surface area (Å²) < 4.78 is 12.4. The number of carbonyl (C=O) groups is 1. The number of nitro benzene ring substituents is 1. The summed E-state index contributed by atoms with van der Waals surface area (Å²) in [6, 6.07) is 19.9. The number of nitro groups is 1. The van der Waals surface area contributed by atoms with E-state index >= 15 is 0 Å².